The van der Waals surface area contributed by atoms with Crippen molar-refractivity contribution < 1.29 is 13.2 Å². The summed E-state index contributed by atoms with van der Waals surface area (Å²) in [5.74, 6) is 0.314. The van der Waals surface area contributed by atoms with Crippen LogP contribution >= 0.6 is 15.9 Å². The Kier molecular flexibility index (Phi) is 3.66. The molecule has 5 nitrogen and oxygen atoms in total. The quantitative estimate of drug-likeness (QED) is 0.828. The summed E-state index contributed by atoms with van der Waals surface area (Å²) in [5.41, 5.74) is 6.39. The van der Waals surface area contributed by atoms with Gasteiger partial charge in [0.25, 0.3) is 0 Å². The third kappa shape index (κ3) is 2.39. The van der Waals surface area contributed by atoms with E-state index in [1.165, 1.54) is 6.26 Å². The maximum absolute atomic E-state index is 12.2. The molecule has 0 amide bonds. The molecule has 18 heavy (non-hydrogen) atoms. The molecule has 1 fully saturated rings. The summed E-state index contributed by atoms with van der Waals surface area (Å²) in [4.78, 5) is 4.01. The van der Waals surface area contributed by atoms with Gasteiger partial charge in [-0.05, 0) is 46.5 Å². The van der Waals surface area contributed by atoms with E-state index in [1.807, 2.05) is 0 Å². The second-order valence-electron chi connectivity index (χ2n) is 4.48. The van der Waals surface area contributed by atoms with Crippen LogP contribution in [-0.4, -0.2) is 32.9 Å². The lowest BCUT2D eigenvalue weighted by Gasteiger charge is -2.36. The number of rotatable bonds is 2. The molecule has 0 saturated carbocycles. The van der Waals surface area contributed by atoms with E-state index in [-0.39, 0.29) is 0 Å². The number of nitrogens with two attached hydrogens (primary N) is 1. The van der Waals surface area contributed by atoms with Crippen LogP contribution in [0.5, 0.6) is 0 Å². The summed E-state index contributed by atoms with van der Waals surface area (Å²) in [6.07, 6.45) is 2.16. The van der Waals surface area contributed by atoms with E-state index in [1.54, 1.807) is 12.1 Å². The first kappa shape index (κ1) is 13.8. The van der Waals surface area contributed by atoms with E-state index in [0.717, 1.165) is 0 Å². The molecule has 1 aromatic rings. The highest BCUT2D eigenvalue weighted by molar-refractivity contribution is 9.10. The number of hydrogen-bond acceptors (Lipinski definition) is 5. The minimum Gasteiger partial charge on any atom is -0.384 e. The average Bonchev–Trinajstić information content (AvgIpc) is 2.27. The molecule has 1 aromatic heterocycles. The zero-order chi connectivity index (χ0) is 13.4. The maximum Gasteiger partial charge on any atom is 0.157 e. The standard InChI is InChI=1S/C11H15BrN2O3S/c1-18(15,16)11(2-4-17-5-3-11)8-6-9(12)14-10(13)7-8/h6-7H,2-5H2,1H3,(H2,13,14). The Hall–Kier alpha value is -0.660. The zero-order valence-corrected chi connectivity index (χ0v) is 12.4. The fraction of sp³-hybridized carbons (Fsp3) is 0.545. The number of halogens is 1. The van der Waals surface area contributed by atoms with Gasteiger partial charge in [0.2, 0.25) is 0 Å². The minimum absolute atomic E-state index is 0.314. The van der Waals surface area contributed by atoms with Crippen molar-refractivity contribution in [2.24, 2.45) is 0 Å². The Balaban J connectivity index is 2.60. The molecule has 1 aliphatic heterocycles. The Morgan fingerprint density at radius 2 is 2.00 bits per heavy atom. The van der Waals surface area contributed by atoms with E-state index >= 15 is 0 Å². The summed E-state index contributed by atoms with van der Waals surface area (Å²) in [6.45, 7) is 0.875. The second-order valence-corrected chi connectivity index (χ2v) is 7.62. The summed E-state index contributed by atoms with van der Waals surface area (Å²) >= 11 is 3.25. The molecule has 7 heteroatoms. The summed E-state index contributed by atoms with van der Waals surface area (Å²) in [5, 5.41) is 0. The van der Waals surface area contributed by atoms with Crippen LogP contribution in [0.3, 0.4) is 0 Å². The van der Waals surface area contributed by atoms with Crippen molar-refractivity contribution in [1.82, 2.24) is 4.98 Å². The average molecular weight is 335 g/mol. The van der Waals surface area contributed by atoms with E-state index in [4.69, 9.17) is 10.5 Å². The number of nitrogens with zero attached hydrogens (tertiary/aromatic N) is 1. The van der Waals surface area contributed by atoms with Gasteiger partial charge in [0, 0.05) is 19.5 Å². The summed E-state index contributed by atoms with van der Waals surface area (Å²) < 4.78 is 29.3. The van der Waals surface area contributed by atoms with Gasteiger partial charge in [0.15, 0.2) is 9.84 Å². The predicted octanol–water partition coefficient (Wildman–Crippen LogP) is 1.48. The van der Waals surface area contributed by atoms with Crippen LogP contribution in [0.15, 0.2) is 16.7 Å². The van der Waals surface area contributed by atoms with Crippen LogP contribution < -0.4 is 5.73 Å². The number of ether oxygens (including phenoxy) is 1. The molecule has 2 heterocycles. The van der Waals surface area contributed by atoms with Crippen molar-refractivity contribution in [3.8, 4) is 0 Å². The number of sulfone groups is 1. The number of hydrogen-bond donors (Lipinski definition) is 1. The lowest BCUT2D eigenvalue weighted by molar-refractivity contribution is 0.0742. The lowest BCUT2D eigenvalue weighted by atomic mass is 9.91. The molecule has 1 saturated heterocycles. The largest absolute Gasteiger partial charge is 0.384 e. The van der Waals surface area contributed by atoms with Crippen LogP contribution in [0.25, 0.3) is 0 Å². The van der Waals surface area contributed by atoms with E-state index < -0.39 is 14.6 Å². The van der Waals surface area contributed by atoms with Crippen LogP contribution in [0.1, 0.15) is 18.4 Å². The van der Waals surface area contributed by atoms with Crippen LogP contribution in [0.4, 0.5) is 5.82 Å². The van der Waals surface area contributed by atoms with Gasteiger partial charge < -0.3 is 10.5 Å². The molecule has 1 aliphatic rings. The van der Waals surface area contributed by atoms with E-state index in [0.29, 0.717) is 42.0 Å². The number of aromatic nitrogens is 1. The fourth-order valence-corrected chi connectivity index (χ4v) is 4.26. The Morgan fingerprint density at radius 3 is 2.50 bits per heavy atom. The monoisotopic (exact) mass is 334 g/mol. The molecule has 0 spiro atoms. The SMILES string of the molecule is CS(=O)(=O)C1(c2cc(N)nc(Br)c2)CCOCC1. The van der Waals surface area contributed by atoms with Crippen LogP contribution in [0.2, 0.25) is 0 Å². The highest BCUT2D eigenvalue weighted by Gasteiger charge is 2.44. The molecular weight excluding hydrogens is 320 g/mol. The summed E-state index contributed by atoms with van der Waals surface area (Å²) in [7, 11) is -3.26. The van der Waals surface area contributed by atoms with Crippen LogP contribution in [-0.2, 0) is 19.3 Å². The van der Waals surface area contributed by atoms with Gasteiger partial charge in [-0.3, -0.25) is 0 Å². The first-order chi connectivity index (χ1) is 8.35. The molecule has 0 aromatic carbocycles. The normalized spacial score (nSPS) is 19.7. The first-order valence-electron chi connectivity index (χ1n) is 5.56. The third-order valence-corrected chi connectivity index (χ3v) is 5.82. The van der Waals surface area contributed by atoms with Crippen LogP contribution in [0, 0.1) is 0 Å². The number of anilines is 1. The maximum atomic E-state index is 12.2. The zero-order valence-electron chi connectivity index (χ0n) is 10.0. The van der Waals surface area contributed by atoms with Gasteiger partial charge in [-0.1, -0.05) is 0 Å². The van der Waals surface area contributed by atoms with Gasteiger partial charge in [-0.2, -0.15) is 0 Å². The number of pyridine rings is 1. The Labute approximate surface area is 115 Å². The topological polar surface area (TPSA) is 82.3 Å². The highest BCUT2D eigenvalue weighted by Crippen LogP contribution is 2.40. The summed E-state index contributed by atoms with van der Waals surface area (Å²) in [6, 6.07) is 3.36. The van der Waals surface area contributed by atoms with Crippen molar-refractivity contribution in [1.29, 1.82) is 0 Å². The molecule has 0 radical (unpaired) electrons. The van der Waals surface area contributed by atoms with Crippen molar-refractivity contribution in [3.05, 3.63) is 22.3 Å². The van der Waals surface area contributed by atoms with Gasteiger partial charge in [0.05, 0.1) is 0 Å². The molecule has 2 N–H and O–H groups in total. The predicted molar refractivity (Wildman–Crippen MR) is 72.9 cm³/mol. The third-order valence-electron chi connectivity index (χ3n) is 3.35. The second kappa shape index (κ2) is 4.79. The lowest BCUT2D eigenvalue weighted by Crippen LogP contribution is -2.40. The molecule has 0 unspecified atom stereocenters. The molecule has 0 bridgehead atoms. The van der Waals surface area contributed by atoms with Crippen molar-refractivity contribution in [2.45, 2.75) is 17.6 Å². The van der Waals surface area contributed by atoms with Crippen molar-refractivity contribution in [3.63, 3.8) is 0 Å². The van der Waals surface area contributed by atoms with Crippen molar-refractivity contribution >= 4 is 31.6 Å². The fourth-order valence-electron chi connectivity index (χ4n) is 2.35. The van der Waals surface area contributed by atoms with Gasteiger partial charge in [-0.15, -0.1) is 0 Å². The molecular formula is C11H15BrN2O3S. The van der Waals surface area contributed by atoms with Crippen molar-refractivity contribution in [2.75, 3.05) is 25.2 Å². The minimum atomic E-state index is -3.26. The highest BCUT2D eigenvalue weighted by atomic mass is 79.9. The molecule has 100 valence electrons. The molecule has 0 aliphatic carbocycles. The Bertz CT molecular complexity index is 533. The molecule has 2 rings (SSSR count). The van der Waals surface area contributed by atoms with E-state index in [9.17, 15) is 8.42 Å². The van der Waals surface area contributed by atoms with Gasteiger partial charge >= 0.3 is 0 Å². The Morgan fingerprint density at radius 1 is 1.39 bits per heavy atom. The van der Waals surface area contributed by atoms with E-state index in [2.05, 4.69) is 20.9 Å². The smallest absolute Gasteiger partial charge is 0.157 e. The first-order valence-corrected chi connectivity index (χ1v) is 8.24. The number of nitrogen functional groups attached to an aromatic ring is 1. The van der Waals surface area contributed by atoms with Gasteiger partial charge in [0.1, 0.15) is 15.2 Å². The molecule has 0 atom stereocenters. The van der Waals surface area contributed by atoms with Gasteiger partial charge in [-0.25, -0.2) is 13.4 Å².